The molecule has 0 saturated carbocycles. The second kappa shape index (κ2) is 18.4. The van der Waals surface area contributed by atoms with Crippen molar-refractivity contribution in [3.63, 3.8) is 0 Å². The van der Waals surface area contributed by atoms with Crippen LogP contribution in [0.5, 0.6) is 0 Å². The van der Waals surface area contributed by atoms with Crippen LogP contribution in [-0.4, -0.2) is 60.3 Å². The van der Waals surface area contributed by atoms with E-state index < -0.39 is 6.15 Å². The zero-order chi connectivity index (χ0) is 36.2. The first-order valence-electron chi connectivity index (χ1n) is 18.3. The van der Waals surface area contributed by atoms with E-state index >= 15 is 0 Å². The summed E-state index contributed by atoms with van der Waals surface area (Å²) in [4.78, 5) is 0. The lowest BCUT2D eigenvalue weighted by molar-refractivity contribution is -0.849. The molecule has 0 spiro atoms. The van der Waals surface area contributed by atoms with Crippen molar-refractivity contribution in [2.45, 2.75) is 13.8 Å². The Bertz CT molecular complexity index is 1870. The van der Waals surface area contributed by atoms with Crippen molar-refractivity contribution in [3.8, 4) is 0 Å². The van der Waals surface area contributed by atoms with E-state index in [1.165, 1.54) is 44.0 Å². The highest BCUT2D eigenvalue weighted by Gasteiger charge is 2.31. The Hall–Kier alpha value is -5.15. The largest absolute Gasteiger partial charge is 0.333 e. The van der Waals surface area contributed by atoms with Crippen LogP contribution in [-0.2, 0) is 0 Å². The monoisotopic (exact) mass is 684 g/mol. The molecule has 7 aromatic carbocycles. The van der Waals surface area contributed by atoms with Gasteiger partial charge >= 0.3 is 0 Å². The molecule has 4 heteroatoms. The summed E-state index contributed by atoms with van der Waals surface area (Å²) in [5, 5.41) is 2.62. The predicted octanol–water partition coefficient (Wildman–Crippen LogP) is 7.45. The van der Waals surface area contributed by atoms with Gasteiger partial charge in [0.05, 0.1) is 41.3 Å². The molecule has 0 aliphatic rings. The summed E-state index contributed by atoms with van der Waals surface area (Å²) in [7, 11) is 8.50. The van der Waals surface area contributed by atoms with Crippen LogP contribution in [0.3, 0.4) is 0 Å². The Labute approximate surface area is 315 Å². The topological polar surface area (TPSA) is 0 Å². The number of nitrogens with zero attached hydrogens (tertiary/aromatic N) is 2. The van der Waals surface area contributed by atoms with Crippen molar-refractivity contribution in [2.24, 2.45) is 0 Å². The van der Waals surface area contributed by atoms with E-state index in [1.807, 2.05) is 0 Å². The van der Waals surface area contributed by atoms with Crippen molar-refractivity contribution in [1.82, 2.24) is 4.48 Å². The van der Waals surface area contributed by atoms with Gasteiger partial charge in [0.15, 0.2) is 0 Å². The average molecular weight is 685 g/mol. The van der Waals surface area contributed by atoms with E-state index in [4.69, 9.17) is 0 Å². The van der Waals surface area contributed by atoms with Crippen LogP contribution >= 0.6 is 0 Å². The van der Waals surface area contributed by atoms with Crippen molar-refractivity contribution < 1.29 is 4.48 Å². The molecule has 7 rings (SSSR count). The maximum atomic E-state index is 2.34. The molecule has 7 aromatic rings. The fourth-order valence-electron chi connectivity index (χ4n) is 7.38. The lowest BCUT2D eigenvalue weighted by Crippen LogP contribution is -2.74. The van der Waals surface area contributed by atoms with Crippen LogP contribution in [0.2, 0.25) is 0 Å². The second-order valence-electron chi connectivity index (χ2n) is 14.7. The predicted molar refractivity (Wildman–Crippen MR) is 238 cm³/mol. The van der Waals surface area contributed by atoms with Gasteiger partial charge in [0, 0.05) is 12.1 Å². The third-order valence-corrected chi connectivity index (χ3v) is 9.76. The molecule has 0 amide bonds. The minimum absolute atomic E-state index is 0. The standard InChI is InChI=1S/C24H20B.C20H22N.C4H12N.BH4/c1-5-13-21(14-6-1)25(22-15-7-2-8-16-22,23-17-9-3-10-18-23)24-19-11-4-12-20-24;1-3-21(4-2,19-12-6-5-7-13-19)20-15-14-17-10-8-9-11-18(17)16-20;1-5(2,3)4;/h1-20H;5-16H,3-4H2,1-2H3;1-4H3;1H4/q-1;2*+1;-1. The lowest BCUT2D eigenvalue weighted by Gasteiger charge is -2.44. The fraction of sp³-hybridized carbons (Fsp3) is 0.167. The Morgan fingerprint density at radius 2 is 0.673 bits per heavy atom. The van der Waals surface area contributed by atoms with E-state index in [1.54, 1.807) is 0 Å². The fourth-order valence-corrected chi connectivity index (χ4v) is 7.38. The average Bonchev–Trinajstić information content (AvgIpc) is 3.18. The number of para-hydroxylation sites is 1. The molecule has 52 heavy (non-hydrogen) atoms. The van der Waals surface area contributed by atoms with Crippen LogP contribution in [0, 0.1) is 0 Å². The molecule has 0 unspecified atom stereocenters. The molecule has 0 aliphatic heterocycles. The number of fused-ring (bicyclic) bond motifs is 1. The van der Waals surface area contributed by atoms with Gasteiger partial charge in [-0.2, -0.15) is 21.9 Å². The zero-order valence-electron chi connectivity index (χ0n) is 31.4. The summed E-state index contributed by atoms with van der Waals surface area (Å²) in [6.07, 6.45) is -1.22. The van der Waals surface area contributed by atoms with E-state index in [0.717, 1.165) is 22.1 Å². The molecule has 0 heterocycles. The van der Waals surface area contributed by atoms with E-state index in [2.05, 4.69) is 236 Å². The Balaban J connectivity index is 0.000000205. The van der Waals surface area contributed by atoms with Crippen LogP contribution in [0.15, 0.2) is 194 Å². The van der Waals surface area contributed by atoms with E-state index in [0.29, 0.717) is 0 Å². The number of rotatable bonds is 8. The smallest absolute Gasteiger partial charge is 0.138 e. The first kappa shape index (κ1) is 39.6. The van der Waals surface area contributed by atoms with E-state index in [-0.39, 0.29) is 8.41 Å². The normalized spacial score (nSPS) is 11.3. The summed E-state index contributed by atoms with van der Waals surface area (Å²) in [5.41, 5.74) is 8.08. The van der Waals surface area contributed by atoms with Gasteiger partial charge in [-0.25, -0.2) is 0 Å². The summed E-state index contributed by atoms with van der Waals surface area (Å²) >= 11 is 0. The summed E-state index contributed by atoms with van der Waals surface area (Å²) in [5.74, 6) is 0. The first-order valence-corrected chi connectivity index (χ1v) is 18.3. The molecule has 0 aromatic heterocycles. The van der Waals surface area contributed by atoms with Gasteiger partial charge in [0.25, 0.3) is 0 Å². The maximum absolute atomic E-state index is 2.34. The van der Waals surface area contributed by atoms with Crippen LogP contribution < -0.4 is 26.3 Å². The molecule has 2 nitrogen and oxygen atoms in total. The van der Waals surface area contributed by atoms with Gasteiger partial charge in [-0.3, -0.25) is 4.48 Å². The van der Waals surface area contributed by atoms with Crippen molar-refractivity contribution in [2.75, 3.05) is 41.3 Å². The van der Waals surface area contributed by atoms with Crippen LogP contribution in [0.4, 0.5) is 11.4 Å². The SMILES string of the molecule is CC[N+](CC)(c1ccccc1)c1ccc2ccccc2c1.C[N+](C)(C)C.[BH4-].c1ccc([B-](c2ccccc2)(c2ccccc2)c2ccccc2)cc1. The Kier molecular flexibility index (Phi) is 14.0. The lowest BCUT2D eigenvalue weighted by atomic mass is 9.13. The number of hydrogen-bond acceptors (Lipinski definition) is 0. The van der Waals surface area contributed by atoms with Crippen molar-refractivity contribution in [1.29, 1.82) is 0 Å². The zero-order valence-corrected chi connectivity index (χ0v) is 31.4. The van der Waals surface area contributed by atoms with Gasteiger partial charge in [0.1, 0.15) is 17.5 Å². The highest BCUT2D eigenvalue weighted by molar-refractivity contribution is 7.19. The van der Waals surface area contributed by atoms with Gasteiger partial charge in [-0.15, -0.1) is 0 Å². The van der Waals surface area contributed by atoms with Gasteiger partial charge in [-0.05, 0) is 42.8 Å². The quantitative estimate of drug-likeness (QED) is 0.115. The molecule has 0 saturated heterocycles. The van der Waals surface area contributed by atoms with Gasteiger partial charge in [-0.1, -0.05) is 172 Å². The van der Waals surface area contributed by atoms with Crippen LogP contribution in [0.1, 0.15) is 13.8 Å². The van der Waals surface area contributed by atoms with Crippen LogP contribution in [0.25, 0.3) is 10.8 Å². The Morgan fingerprint density at radius 1 is 0.365 bits per heavy atom. The van der Waals surface area contributed by atoms with Gasteiger partial charge in [0.2, 0.25) is 0 Å². The number of hydrogen-bond donors (Lipinski definition) is 0. The second-order valence-corrected chi connectivity index (χ2v) is 14.7. The van der Waals surface area contributed by atoms with E-state index in [9.17, 15) is 0 Å². The molecular formula is C48H58B2N2. The maximum Gasteiger partial charge on any atom is 0.138 e. The minimum Gasteiger partial charge on any atom is -0.333 e. The third kappa shape index (κ3) is 9.19. The van der Waals surface area contributed by atoms with Crippen molar-refractivity contribution >= 4 is 58.6 Å². The first-order chi connectivity index (χ1) is 24.7. The highest BCUT2D eigenvalue weighted by Crippen LogP contribution is 2.35. The molecular weight excluding hydrogens is 626 g/mol. The molecule has 0 atom stereocenters. The molecule has 0 radical (unpaired) electrons. The summed E-state index contributed by atoms with van der Waals surface area (Å²) in [6.45, 7) is 6.65. The number of quaternary nitrogens is 2. The minimum atomic E-state index is -1.22. The summed E-state index contributed by atoms with van der Waals surface area (Å²) < 4.78 is 1.89. The molecule has 0 bridgehead atoms. The Morgan fingerprint density at radius 3 is 1.02 bits per heavy atom. The molecule has 266 valence electrons. The molecule has 0 aliphatic carbocycles. The third-order valence-electron chi connectivity index (χ3n) is 9.76. The molecule has 0 fully saturated rings. The van der Waals surface area contributed by atoms with Gasteiger partial charge < -0.3 is 4.48 Å². The number of benzene rings is 7. The van der Waals surface area contributed by atoms with Crippen molar-refractivity contribution in [3.05, 3.63) is 194 Å². The highest BCUT2D eigenvalue weighted by atomic mass is 15.4. The molecule has 0 N–H and O–H groups in total. The summed E-state index contributed by atoms with van der Waals surface area (Å²) in [6, 6.07) is 69.8.